The maximum atomic E-state index is 11.8. The maximum Gasteiger partial charge on any atom is 0.412 e. The van der Waals surface area contributed by atoms with Gasteiger partial charge >= 0.3 is 6.09 Å². The van der Waals surface area contributed by atoms with Gasteiger partial charge in [0.2, 0.25) is 5.91 Å². The Morgan fingerprint density at radius 3 is 2.27 bits per heavy atom. The van der Waals surface area contributed by atoms with E-state index >= 15 is 0 Å². The fourth-order valence-corrected chi connectivity index (χ4v) is 2.24. The second-order valence-electron chi connectivity index (χ2n) is 7.87. The van der Waals surface area contributed by atoms with Crippen molar-refractivity contribution < 1.29 is 19.1 Å². The Hall–Kier alpha value is -2.81. The van der Waals surface area contributed by atoms with Crippen molar-refractivity contribution in [1.82, 2.24) is 15.5 Å². The number of guanidine groups is 1. The summed E-state index contributed by atoms with van der Waals surface area (Å²) < 4.78 is 10.3. The SMILES string of the molecule is COCCNC(=NCC(=O)N(C)C)NCCc1ccc(NC(=O)OC(C)(C)C)cc1. The molecule has 0 fully saturated rings. The van der Waals surface area contributed by atoms with Gasteiger partial charge < -0.3 is 25.0 Å². The molecule has 0 atom stereocenters. The lowest BCUT2D eigenvalue weighted by atomic mass is 10.1. The average molecular weight is 422 g/mol. The molecule has 0 aliphatic rings. The molecular weight excluding hydrogens is 386 g/mol. The second kappa shape index (κ2) is 12.7. The van der Waals surface area contributed by atoms with Crippen LogP contribution in [0.1, 0.15) is 26.3 Å². The van der Waals surface area contributed by atoms with E-state index in [0.717, 1.165) is 12.0 Å². The largest absolute Gasteiger partial charge is 0.444 e. The fourth-order valence-electron chi connectivity index (χ4n) is 2.24. The molecule has 1 aromatic carbocycles. The van der Waals surface area contributed by atoms with E-state index in [0.29, 0.717) is 31.3 Å². The Bertz CT molecular complexity index is 696. The summed E-state index contributed by atoms with van der Waals surface area (Å²) in [5.74, 6) is 0.487. The minimum atomic E-state index is -0.538. The van der Waals surface area contributed by atoms with E-state index in [1.165, 1.54) is 4.90 Å². The first-order valence-electron chi connectivity index (χ1n) is 9.91. The number of anilines is 1. The first-order chi connectivity index (χ1) is 14.1. The fraction of sp³-hybridized carbons (Fsp3) is 0.571. The van der Waals surface area contributed by atoms with Crippen molar-refractivity contribution >= 4 is 23.6 Å². The van der Waals surface area contributed by atoms with E-state index in [4.69, 9.17) is 9.47 Å². The second-order valence-corrected chi connectivity index (χ2v) is 7.87. The standard InChI is InChI=1S/C21H35N5O4/c1-21(2,3)30-20(28)25-17-9-7-16(8-10-17)11-12-22-19(23-13-14-29-6)24-15-18(27)26(4)5/h7-10H,11-15H2,1-6H3,(H,25,28)(H2,22,23,24). The summed E-state index contributed by atoms with van der Waals surface area (Å²) in [6.07, 6.45) is 0.270. The van der Waals surface area contributed by atoms with E-state index in [-0.39, 0.29) is 12.5 Å². The van der Waals surface area contributed by atoms with Crippen LogP contribution in [0, 0.1) is 0 Å². The number of amides is 2. The molecule has 9 nitrogen and oxygen atoms in total. The van der Waals surface area contributed by atoms with Gasteiger partial charge in [0.25, 0.3) is 0 Å². The molecule has 30 heavy (non-hydrogen) atoms. The van der Waals surface area contributed by atoms with Gasteiger partial charge in [-0.3, -0.25) is 10.1 Å². The number of nitrogens with zero attached hydrogens (tertiary/aromatic N) is 2. The smallest absolute Gasteiger partial charge is 0.412 e. The van der Waals surface area contributed by atoms with Gasteiger partial charge in [0.05, 0.1) is 6.61 Å². The first kappa shape index (κ1) is 25.2. The molecule has 1 rings (SSSR count). The zero-order valence-electron chi connectivity index (χ0n) is 18.9. The normalized spacial score (nSPS) is 11.6. The van der Waals surface area contributed by atoms with Crippen LogP contribution in [0.5, 0.6) is 0 Å². The van der Waals surface area contributed by atoms with E-state index in [1.54, 1.807) is 21.2 Å². The zero-order chi connectivity index (χ0) is 22.6. The highest BCUT2D eigenvalue weighted by molar-refractivity contribution is 5.85. The molecule has 168 valence electrons. The van der Waals surface area contributed by atoms with Crippen molar-refractivity contribution in [2.45, 2.75) is 32.8 Å². The topological polar surface area (TPSA) is 104 Å². The molecule has 1 aromatic rings. The molecule has 0 aromatic heterocycles. The highest BCUT2D eigenvalue weighted by atomic mass is 16.6. The van der Waals surface area contributed by atoms with Crippen LogP contribution in [0.3, 0.4) is 0 Å². The molecule has 0 aliphatic heterocycles. The third-order valence-corrected chi connectivity index (χ3v) is 3.78. The summed E-state index contributed by atoms with van der Waals surface area (Å²) in [5, 5.41) is 9.06. The number of ether oxygens (including phenoxy) is 2. The van der Waals surface area contributed by atoms with Gasteiger partial charge in [-0.25, -0.2) is 9.79 Å². The molecule has 2 amide bonds. The number of aliphatic imine (C=N–C) groups is 1. The van der Waals surface area contributed by atoms with E-state index in [1.807, 2.05) is 45.0 Å². The lowest BCUT2D eigenvalue weighted by molar-refractivity contribution is -0.127. The number of hydrogen-bond donors (Lipinski definition) is 3. The predicted octanol–water partition coefficient (Wildman–Crippen LogP) is 1.85. The number of nitrogens with one attached hydrogen (secondary N) is 3. The third kappa shape index (κ3) is 11.3. The zero-order valence-corrected chi connectivity index (χ0v) is 18.9. The Labute approximate surface area is 179 Å². The van der Waals surface area contributed by atoms with E-state index < -0.39 is 11.7 Å². The monoisotopic (exact) mass is 421 g/mol. The number of benzene rings is 1. The molecule has 0 aliphatic carbocycles. The van der Waals surface area contributed by atoms with Gasteiger partial charge in [0, 0.05) is 40.0 Å². The molecule has 0 spiro atoms. The number of likely N-dealkylation sites (N-methyl/N-ethyl adjacent to an activating group) is 1. The van der Waals surface area contributed by atoms with Crippen molar-refractivity contribution in [1.29, 1.82) is 0 Å². The minimum absolute atomic E-state index is 0.0698. The number of carbonyl (C=O) groups is 2. The lowest BCUT2D eigenvalue weighted by Gasteiger charge is -2.19. The Kier molecular flexibility index (Phi) is 10.7. The van der Waals surface area contributed by atoms with E-state index in [2.05, 4.69) is 20.9 Å². The summed E-state index contributed by atoms with van der Waals surface area (Å²) in [7, 11) is 5.03. The predicted molar refractivity (Wildman–Crippen MR) is 119 cm³/mol. The van der Waals surface area contributed by atoms with Gasteiger partial charge in [0.15, 0.2) is 5.96 Å². The van der Waals surface area contributed by atoms with Crippen molar-refractivity contribution in [2.24, 2.45) is 4.99 Å². The quantitative estimate of drug-likeness (QED) is 0.319. The van der Waals surface area contributed by atoms with Crippen LogP contribution in [0.25, 0.3) is 0 Å². The highest BCUT2D eigenvalue weighted by Gasteiger charge is 2.16. The van der Waals surface area contributed by atoms with Crippen molar-refractivity contribution in [3.8, 4) is 0 Å². The maximum absolute atomic E-state index is 11.8. The molecule has 0 saturated heterocycles. The van der Waals surface area contributed by atoms with E-state index in [9.17, 15) is 9.59 Å². The molecule has 0 saturated carbocycles. The van der Waals surface area contributed by atoms with Crippen molar-refractivity contribution in [2.75, 3.05) is 52.8 Å². The van der Waals surface area contributed by atoms with Crippen LogP contribution in [0.4, 0.5) is 10.5 Å². The molecule has 0 unspecified atom stereocenters. The summed E-state index contributed by atoms with van der Waals surface area (Å²) in [4.78, 5) is 29.4. The Balaban J connectivity index is 2.54. The number of rotatable bonds is 9. The van der Waals surface area contributed by atoms with Gasteiger partial charge in [-0.1, -0.05) is 12.1 Å². The summed E-state index contributed by atoms with van der Waals surface area (Å²) in [6.45, 7) is 7.29. The summed E-state index contributed by atoms with van der Waals surface area (Å²) >= 11 is 0. The van der Waals surface area contributed by atoms with Crippen LogP contribution >= 0.6 is 0 Å². The van der Waals surface area contributed by atoms with Gasteiger partial charge in [-0.05, 0) is 44.9 Å². The molecule has 3 N–H and O–H groups in total. The van der Waals surface area contributed by atoms with Crippen molar-refractivity contribution in [3.05, 3.63) is 29.8 Å². The average Bonchev–Trinajstić information content (AvgIpc) is 2.65. The molecule has 0 bridgehead atoms. The Morgan fingerprint density at radius 1 is 1.07 bits per heavy atom. The van der Waals surface area contributed by atoms with Crippen LogP contribution in [0.15, 0.2) is 29.3 Å². The van der Waals surface area contributed by atoms with Crippen LogP contribution in [0.2, 0.25) is 0 Å². The minimum Gasteiger partial charge on any atom is -0.444 e. The molecule has 0 radical (unpaired) electrons. The van der Waals surface area contributed by atoms with Gasteiger partial charge in [0.1, 0.15) is 12.1 Å². The number of hydrogen-bond acceptors (Lipinski definition) is 5. The Morgan fingerprint density at radius 2 is 1.70 bits per heavy atom. The van der Waals surface area contributed by atoms with Gasteiger partial charge in [-0.2, -0.15) is 0 Å². The first-order valence-corrected chi connectivity index (χ1v) is 9.91. The van der Waals surface area contributed by atoms with Gasteiger partial charge in [-0.15, -0.1) is 0 Å². The lowest BCUT2D eigenvalue weighted by Crippen LogP contribution is -2.40. The van der Waals surface area contributed by atoms with Crippen LogP contribution in [-0.2, 0) is 20.7 Å². The highest BCUT2D eigenvalue weighted by Crippen LogP contribution is 2.13. The molecule has 9 heteroatoms. The van der Waals surface area contributed by atoms with Crippen LogP contribution < -0.4 is 16.0 Å². The van der Waals surface area contributed by atoms with Crippen LogP contribution in [-0.4, -0.2) is 75.9 Å². The third-order valence-electron chi connectivity index (χ3n) is 3.78. The number of carbonyl (C=O) groups excluding carboxylic acids is 2. The molecular formula is C21H35N5O4. The number of methoxy groups -OCH3 is 1. The molecule has 0 heterocycles. The summed E-state index contributed by atoms with van der Waals surface area (Å²) in [6, 6.07) is 7.56. The summed E-state index contributed by atoms with van der Waals surface area (Å²) in [5.41, 5.74) is 1.23. The van der Waals surface area contributed by atoms with Crippen molar-refractivity contribution in [3.63, 3.8) is 0 Å².